The lowest BCUT2D eigenvalue weighted by molar-refractivity contribution is 0.444. The Hall–Kier alpha value is -1.49. The SMILES string of the molecule is CN[C@H](C)CC(=N)c1cc(NC2CCC2)ncn1. The largest absolute Gasteiger partial charge is 0.367 e. The van der Waals surface area contributed by atoms with Crippen LogP contribution in [0.1, 0.15) is 38.3 Å². The van der Waals surface area contributed by atoms with Gasteiger partial charge in [-0.25, -0.2) is 9.97 Å². The lowest BCUT2D eigenvalue weighted by atomic mass is 9.93. The molecule has 2 rings (SSSR count). The second-order valence-corrected chi connectivity index (χ2v) is 4.93. The van der Waals surface area contributed by atoms with Crippen LogP contribution in [0, 0.1) is 5.41 Å². The van der Waals surface area contributed by atoms with Gasteiger partial charge in [0.15, 0.2) is 0 Å². The second kappa shape index (κ2) is 5.91. The molecular weight excluding hydrogens is 226 g/mol. The number of hydrogen-bond donors (Lipinski definition) is 3. The first-order valence-corrected chi connectivity index (χ1v) is 6.52. The average Bonchev–Trinajstić information content (AvgIpc) is 2.34. The molecule has 1 aromatic rings. The highest BCUT2D eigenvalue weighted by molar-refractivity contribution is 5.97. The number of nitrogens with zero attached hydrogens (tertiary/aromatic N) is 2. The molecule has 0 amide bonds. The Morgan fingerprint density at radius 3 is 2.89 bits per heavy atom. The van der Waals surface area contributed by atoms with Gasteiger partial charge < -0.3 is 16.0 Å². The van der Waals surface area contributed by atoms with E-state index in [0.29, 0.717) is 23.9 Å². The zero-order valence-electron chi connectivity index (χ0n) is 11.0. The number of aromatic nitrogens is 2. The first-order valence-electron chi connectivity index (χ1n) is 6.52. The van der Waals surface area contributed by atoms with Crippen molar-refractivity contribution in [2.75, 3.05) is 12.4 Å². The van der Waals surface area contributed by atoms with Crippen LogP contribution in [-0.4, -0.2) is 34.8 Å². The fourth-order valence-corrected chi connectivity index (χ4v) is 1.88. The molecule has 0 aromatic carbocycles. The predicted octanol–water partition coefficient (Wildman–Crippen LogP) is 1.81. The highest BCUT2D eigenvalue weighted by atomic mass is 15.0. The fraction of sp³-hybridized carbons (Fsp3) is 0.615. The van der Waals surface area contributed by atoms with Gasteiger partial charge in [-0.2, -0.15) is 0 Å². The number of nitrogens with one attached hydrogen (secondary N) is 3. The van der Waals surface area contributed by atoms with Gasteiger partial charge in [-0.3, -0.25) is 0 Å². The fourth-order valence-electron chi connectivity index (χ4n) is 1.88. The van der Waals surface area contributed by atoms with Crippen molar-refractivity contribution in [1.82, 2.24) is 15.3 Å². The highest BCUT2D eigenvalue weighted by Gasteiger charge is 2.17. The van der Waals surface area contributed by atoms with E-state index in [2.05, 4.69) is 27.5 Å². The van der Waals surface area contributed by atoms with E-state index in [1.807, 2.05) is 13.1 Å². The number of hydrogen-bond acceptors (Lipinski definition) is 5. The third-order valence-corrected chi connectivity index (χ3v) is 3.44. The molecule has 1 aromatic heterocycles. The van der Waals surface area contributed by atoms with Gasteiger partial charge in [0.2, 0.25) is 0 Å². The summed E-state index contributed by atoms with van der Waals surface area (Å²) in [6.45, 7) is 2.06. The monoisotopic (exact) mass is 247 g/mol. The van der Waals surface area contributed by atoms with E-state index in [1.54, 1.807) is 0 Å². The van der Waals surface area contributed by atoms with Crippen LogP contribution in [-0.2, 0) is 0 Å². The molecule has 3 N–H and O–H groups in total. The molecule has 1 fully saturated rings. The van der Waals surface area contributed by atoms with Gasteiger partial charge in [-0.15, -0.1) is 0 Å². The van der Waals surface area contributed by atoms with Gasteiger partial charge in [-0.05, 0) is 33.2 Å². The summed E-state index contributed by atoms with van der Waals surface area (Å²) in [5, 5.41) is 14.6. The van der Waals surface area contributed by atoms with Crippen molar-refractivity contribution in [3.63, 3.8) is 0 Å². The maximum atomic E-state index is 8.04. The van der Waals surface area contributed by atoms with Crippen molar-refractivity contribution in [2.24, 2.45) is 0 Å². The van der Waals surface area contributed by atoms with Crippen LogP contribution in [0.2, 0.25) is 0 Å². The van der Waals surface area contributed by atoms with Gasteiger partial charge >= 0.3 is 0 Å². The van der Waals surface area contributed by atoms with Crippen molar-refractivity contribution in [2.45, 2.75) is 44.7 Å². The van der Waals surface area contributed by atoms with Crippen molar-refractivity contribution in [3.8, 4) is 0 Å². The summed E-state index contributed by atoms with van der Waals surface area (Å²) in [7, 11) is 1.90. The summed E-state index contributed by atoms with van der Waals surface area (Å²) in [5.41, 5.74) is 1.27. The van der Waals surface area contributed by atoms with Gasteiger partial charge in [0.25, 0.3) is 0 Å². The molecule has 0 unspecified atom stereocenters. The topological polar surface area (TPSA) is 73.7 Å². The molecule has 5 heteroatoms. The van der Waals surface area contributed by atoms with E-state index in [9.17, 15) is 0 Å². The summed E-state index contributed by atoms with van der Waals surface area (Å²) in [5.74, 6) is 0.839. The lowest BCUT2D eigenvalue weighted by Crippen LogP contribution is -2.28. The minimum absolute atomic E-state index is 0.288. The zero-order valence-corrected chi connectivity index (χ0v) is 11.0. The molecule has 1 aliphatic carbocycles. The molecule has 0 bridgehead atoms. The normalized spacial score (nSPS) is 17.0. The zero-order chi connectivity index (χ0) is 13.0. The van der Waals surface area contributed by atoms with Crippen molar-refractivity contribution in [3.05, 3.63) is 18.1 Å². The smallest absolute Gasteiger partial charge is 0.130 e. The van der Waals surface area contributed by atoms with E-state index >= 15 is 0 Å². The molecule has 0 spiro atoms. The van der Waals surface area contributed by atoms with E-state index in [-0.39, 0.29) is 6.04 Å². The van der Waals surface area contributed by atoms with Crippen LogP contribution in [0.3, 0.4) is 0 Å². The van der Waals surface area contributed by atoms with E-state index < -0.39 is 0 Å². The molecule has 98 valence electrons. The quantitative estimate of drug-likeness (QED) is 0.670. The van der Waals surface area contributed by atoms with Crippen LogP contribution in [0.4, 0.5) is 5.82 Å². The maximum absolute atomic E-state index is 8.04. The molecule has 0 aliphatic heterocycles. The lowest BCUT2D eigenvalue weighted by Gasteiger charge is -2.26. The standard InChI is InChI=1S/C13H21N5/c1-9(15-2)6-11(14)12-7-13(17-8-16-12)18-10-4-3-5-10/h7-10,14-15H,3-6H2,1-2H3,(H,16,17,18)/t9-/m1/s1. The average molecular weight is 247 g/mol. The molecule has 0 radical (unpaired) electrons. The summed E-state index contributed by atoms with van der Waals surface area (Å²) in [4.78, 5) is 8.38. The highest BCUT2D eigenvalue weighted by Crippen LogP contribution is 2.22. The van der Waals surface area contributed by atoms with Gasteiger partial charge in [0.1, 0.15) is 12.1 Å². The van der Waals surface area contributed by atoms with Crippen LogP contribution in [0.15, 0.2) is 12.4 Å². The van der Waals surface area contributed by atoms with E-state index in [4.69, 9.17) is 5.41 Å². The first kappa shape index (κ1) is 13.0. The summed E-state index contributed by atoms with van der Waals surface area (Å²) in [6.07, 6.45) is 5.94. The summed E-state index contributed by atoms with van der Waals surface area (Å²) >= 11 is 0. The minimum atomic E-state index is 0.288. The Morgan fingerprint density at radius 2 is 2.28 bits per heavy atom. The van der Waals surface area contributed by atoms with Crippen LogP contribution in [0.5, 0.6) is 0 Å². The Balaban J connectivity index is 1.99. The predicted molar refractivity (Wildman–Crippen MR) is 73.3 cm³/mol. The molecule has 0 saturated heterocycles. The summed E-state index contributed by atoms with van der Waals surface area (Å²) in [6, 6.07) is 2.72. The maximum Gasteiger partial charge on any atom is 0.130 e. The Labute approximate surface area is 108 Å². The second-order valence-electron chi connectivity index (χ2n) is 4.93. The molecule has 1 heterocycles. The first-order chi connectivity index (χ1) is 8.69. The minimum Gasteiger partial charge on any atom is -0.367 e. The molecule has 5 nitrogen and oxygen atoms in total. The van der Waals surface area contributed by atoms with Crippen LogP contribution >= 0.6 is 0 Å². The molecular formula is C13H21N5. The van der Waals surface area contributed by atoms with Crippen LogP contribution in [0.25, 0.3) is 0 Å². The Bertz CT molecular complexity index is 414. The van der Waals surface area contributed by atoms with E-state index in [0.717, 1.165) is 5.82 Å². The summed E-state index contributed by atoms with van der Waals surface area (Å²) < 4.78 is 0. The third-order valence-electron chi connectivity index (χ3n) is 3.44. The number of rotatable bonds is 6. The van der Waals surface area contributed by atoms with Gasteiger partial charge in [0, 0.05) is 24.6 Å². The van der Waals surface area contributed by atoms with Gasteiger partial charge in [0.05, 0.1) is 11.4 Å². The van der Waals surface area contributed by atoms with Crippen LogP contribution < -0.4 is 10.6 Å². The molecule has 1 aliphatic rings. The molecule has 18 heavy (non-hydrogen) atoms. The van der Waals surface area contributed by atoms with E-state index in [1.165, 1.54) is 25.6 Å². The Morgan fingerprint density at radius 1 is 1.50 bits per heavy atom. The van der Waals surface area contributed by atoms with Crippen molar-refractivity contribution < 1.29 is 0 Å². The third kappa shape index (κ3) is 3.26. The number of anilines is 1. The Kier molecular flexibility index (Phi) is 4.25. The van der Waals surface area contributed by atoms with Crippen molar-refractivity contribution in [1.29, 1.82) is 5.41 Å². The van der Waals surface area contributed by atoms with Crippen molar-refractivity contribution >= 4 is 11.5 Å². The molecule has 1 saturated carbocycles. The van der Waals surface area contributed by atoms with Gasteiger partial charge in [-0.1, -0.05) is 0 Å². The molecule has 1 atom stereocenters.